The second-order valence-corrected chi connectivity index (χ2v) is 5.21. The molecule has 5 nitrogen and oxygen atoms in total. The number of methoxy groups -OCH3 is 1. The third-order valence-electron chi connectivity index (χ3n) is 2.29. The van der Waals surface area contributed by atoms with Crippen molar-refractivity contribution in [3.8, 4) is 0 Å². The molecule has 0 bridgehead atoms. The van der Waals surface area contributed by atoms with Crippen molar-refractivity contribution in [2.24, 2.45) is 11.7 Å². The highest BCUT2D eigenvalue weighted by Gasteiger charge is 2.12. The topological polar surface area (TPSA) is 67.6 Å². The fourth-order valence-corrected chi connectivity index (χ4v) is 1.66. The molecule has 106 valence electrons. The van der Waals surface area contributed by atoms with E-state index in [1.165, 1.54) is 0 Å². The predicted octanol–water partition coefficient (Wildman–Crippen LogP) is 0.383. The van der Waals surface area contributed by atoms with Crippen LogP contribution in [0.25, 0.3) is 0 Å². The zero-order chi connectivity index (χ0) is 14.0. The lowest BCUT2D eigenvalue weighted by Gasteiger charge is -2.23. The van der Waals surface area contributed by atoms with Crippen LogP contribution < -0.4 is 11.1 Å². The van der Waals surface area contributed by atoms with Crippen LogP contribution in [0.4, 0.5) is 0 Å². The van der Waals surface area contributed by atoms with Gasteiger partial charge in [0.1, 0.15) is 0 Å². The van der Waals surface area contributed by atoms with Crippen molar-refractivity contribution in [3.05, 3.63) is 0 Å². The van der Waals surface area contributed by atoms with Crippen molar-refractivity contribution < 1.29 is 9.53 Å². The maximum atomic E-state index is 11.7. The quantitative estimate of drug-likeness (QED) is 0.446. The minimum atomic E-state index is 0.00985. The number of carbonyl (C=O) groups is 1. The second kappa shape index (κ2) is 10.2. The van der Waals surface area contributed by atoms with E-state index in [1.807, 2.05) is 0 Å². The van der Waals surface area contributed by atoms with Crippen LogP contribution in [0.15, 0.2) is 0 Å². The average Bonchev–Trinajstić information content (AvgIpc) is 2.25. The molecule has 0 rings (SSSR count). The van der Waals surface area contributed by atoms with Crippen molar-refractivity contribution in [2.45, 2.75) is 20.3 Å². The third kappa shape index (κ3) is 10.4. The number of ether oxygens (including phenoxy) is 1. The fourth-order valence-electron chi connectivity index (χ4n) is 1.57. The number of nitrogens with two attached hydrogens (primary N) is 1. The Morgan fingerprint density at radius 2 is 2.17 bits per heavy atom. The average molecular weight is 275 g/mol. The van der Waals surface area contributed by atoms with E-state index >= 15 is 0 Å². The van der Waals surface area contributed by atoms with Gasteiger partial charge in [-0.2, -0.15) is 0 Å². The van der Waals surface area contributed by atoms with Crippen LogP contribution in [-0.2, 0) is 9.53 Å². The summed E-state index contributed by atoms with van der Waals surface area (Å²) in [5, 5.41) is 2.81. The van der Waals surface area contributed by atoms with Crippen LogP contribution in [0.2, 0.25) is 0 Å². The molecule has 0 unspecified atom stereocenters. The van der Waals surface area contributed by atoms with Gasteiger partial charge in [0.2, 0.25) is 5.91 Å². The van der Waals surface area contributed by atoms with Gasteiger partial charge in [-0.1, -0.05) is 26.1 Å². The van der Waals surface area contributed by atoms with Gasteiger partial charge in [0.05, 0.1) is 18.1 Å². The van der Waals surface area contributed by atoms with Crippen LogP contribution in [0.3, 0.4) is 0 Å². The summed E-state index contributed by atoms with van der Waals surface area (Å²) < 4.78 is 4.88. The Kier molecular flexibility index (Phi) is 9.82. The summed E-state index contributed by atoms with van der Waals surface area (Å²) in [7, 11) is 1.61. The minimum Gasteiger partial charge on any atom is -0.393 e. The summed E-state index contributed by atoms with van der Waals surface area (Å²) in [6, 6.07) is 0. The maximum Gasteiger partial charge on any atom is 0.234 e. The van der Waals surface area contributed by atoms with E-state index in [4.69, 9.17) is 22.7 Å². The number of nitrogens with zero attached hydrogens (tertiary/aromatic N) is 1. The Morgan fingerprint density at radius 1 is 1.50 bits per heavy atom. The van der Waals surface area contributed by atoms with Crippen molar-refractivity contribution in [1.29, 1.82) is 0 Å². The molecule has 1 amide bonds. The summed E-state index contributed by atoms with van der Waals surface area (Å²) in [5.41, 5.74) is 5.49. The summed E-state index contributed by atoms with van der Waals surface area (Å²) >= 11 is 4.86. The van der Waals surface area contributed by atoms with Gasteiger partial charge in [0, 0.05) is 33.2 Å². The van der Waals surface area contributed by atoms with Crippen molar-refractivity contribution in [2.75, 3.05) is 39.9 Å². The number of amides is 1. The molecule has 0 aliphatic heterocycles. The summed E-state index contributed by atoms with van der Waals surface area (Å²) in [6.45, 7) is 7.28. The molecule has 0 aliphatic carbocycles. The third-order valence-corrected chi connectivity index (χ3v) is 2.50. The summed E-state index contributed by atoms with van der Waals surface area (Å²) in [5.74, 6) is 0.513. The number of hydrogen-bond acceptors (Lipinski definition) is 4. The highest BCUT2D eigenvalue weighted by atomic mass is 32.1. The van der Waals surface area contributed by atoms with Crippen LogP contribution >= 0.6 is 12.2 Å². The van der Waals surface area contributed by atoms with Gasteiger partial charge in [-0.3, -0.25) is 9.69 Å². The van der Waals surface area contributed by atoms with Crippen LogP contribution in [0.1, 0.15) is 20.3 Å². The first kappa shape index (κ1) is 17.3. The zero-order valence-corrected chi connectivity index (χ0v) is 12.4. The molecule has 0 aromatic rings. The monoisotopic (exact) mass is 275 g/mol. The molecule has 6 heteroatoms. The van der Waals surface area contributed by atoms with Gasteiger partial charge < -0.3 is 15.8 Å². The lowest BCUT2D eigenvalue weighted by Crippen LogP contribution is -2.41. The van der Waals surface area contributed by atoms with Crippen LogP contribution in [0, 0.1) is 5.92 Å². The molecule has 0 fully saturated rings. The molecule has 0 saturated carbocycles. The molecule has 0 radical (unpaired) electrons. The first-order valence-corrected chi connectivity index (χ1v) is 6.62. The number of rotatable bonds is 10. The molecule has 3 N–H and O–H groups in total. The molecule has 0 aliphatic rings. The van der Waals surface area contributed by atoms with E-state index in [9.17, 15) is 4.79 Å². The molecular formula is C12H25N3O2S. The molecule has 18 heavy (non-hydrogen) atoms. The number of hydrogen-bond donors (Lipinski definition) is 2. The number of nitrogens with one attached hydrogen (secondary N) is 1. The van der Waals surface area contributed by atoms with Gasteiger partial charge >= 0.3 is 0 Å². The lowest BCUT2D eigenvalue weighted by atomic mass is 10.2. The Hall–Kier alpha value is -0.720. The van der Waals surface area contributed by atoms with Crippen molar-refractivity contribution >= 4 is 23.1 Å². The lowest BCUT2D eigenvalue weighted by molar-refractivity contribution is -0.122. The van der Waals surface area contributed by atoms with E-state index in [1.54, 1.807) is 7.11 Å². The number of carbonyl (C=O) groups excluding carboxylic acids is 1. The SMILES string of the molecule is COCCNC(=O)CN(CCC(N)=S)CC(C)C. The first-order valence-electron chi connectivity index (χ1n) is 6.22. The van der Waals surface area contributed by atoms with E-state index in [-0.39, 0.29) is 5.91 Å². The van der Waals surface area contributed by atoms with Gasteiger partial charge in [-0.15, -0.1) is 0 Å². The number of thiocarbonyl (C=S) groups is 1. The molecule has 0 aromatic heterocycles. The molecule has 0 saturated heterocycles. The Balaban J connectivity index is 4.04. The Morgan fingerprint density at radius 3 is 2.67 bits per heavy atom. The van der Waals surface area contributed by atoms with Gasteiger partial charge in [0.15, 0.2) is 0 Å². The van der Waals surface area contributed by atoms with E-state index in [0.717, 1.165) is 13.1 Å². The Bertz CT molecular complexity index is 260. The van der Waals surface area contributed by atoms with Crippen LogP contribution in [-0.4, -0.2) is 55.7 Å². The van der Waals surface area contributed by atoms with Crippen molar-refractivity contribution in [1.82, 2.24) is 10.2 Å². The smallest absolute Gasteiger partial charge is 0.234 e. The van der Waals surface area contributed by atoms with Gasteiger partial charge in [-0.25, -0.2) is 0 Å². The van der Waals surface area contributed by atoms with Crippen molar-refractivity contribution in [3.63, 3.8) is 0 Å². The zero-order valence-electron chi connectivity index (χ0n) is 11.6. The largest absolute Gasteiger partial charge is 0.393 e. The predicted molar refractivity (Wildman–Crippen MR) is 77.6 cm³/mol. The molecule has 0 spiro atoms. The van der Waals surface area contributed by atoms with E-state index in [0.29, 0.717) is 37.0 Å². The summed E-state index contributed by atoms with van der Waals surface area (Å²) in [6.07, 6.45) is 0.646. The maximum absolute atomic E-state index is 11.7. The molecule has 0 aromatic carbocycles. The van der Waals surface area contributed by atoms with Gasteiger partial charge in [0.25, 0.3) is 0 Å². The summed E-state index contributed by atoms with van der Waals surface area (Å²) in [4.78, 5) is 14.2. The van der Waals surface area contributed by atoms with E-state index in [2.05, 4.69) is 24.1 Å². The molecular weight excluding hydrogens is 250 g/mol. The van der Waals surface area contributed by atoms with Gasteiger partial charge in [-0.05, 0) is 5.92 Å². The standard InChI is InChI=1S/C12H25N3O2S/c1-10(2)8-15(6-4-11(13)18)9-12(16)14-5-7-17-3/h10H,4-9H2,1-3H3,(H2,13,18)(H,14,16). The highest BCUT2D eigenvalue weighted by Crippen LogP contribution is 2.00. The second-order valence-electron chi connectivity index (χ2n) is 4.69. The Labute approximate surface area is 115 Å². The highest BCUT2D eigenvalue weighted by molar-refractivity contribution is 7.80. The fraction of sp³-hybridized carbons (Fsp3) is 0.833. The minimum absolute atomic E-state index is 0.00985. The normalized spacial score (nSPS) is 10.9. The first-order chi connectivity index (χ1) is 8.45. The molecule has 0 heterocycles. The van der Waals surface area contributed by atoms with Crippen LogP contribution in [0.5, 0.6) is 0 Å². The van der Waals surface area contributed by atoms with E-state index < -0.39 is 0 Å². The molecule has 0 atom stereocenters.